The average molecular weight is 364 g/mol. The topological polar surface area (TPSA) is 97.8 Å². The van der Waals surface area contributed by atoms with Crippen LogP contribution < -0.4 is 14.8 Å². The molecule has 0 aliphatic rings. The highest BCUT2D eigenvalue weighted by atomic mass is 32.1. The van der Waals surface area contributed by atoms with Gasteiger partial charge in [0.15, 0.2) is 11.5 Å². The lowest BCUT2D eigenvalue weighted by Crippen LogP contribution is -2.30. The summed E-state index contributed by atoms with van der Waals surface area (Å²) in [6, 6.07) is 4.35. The number of carbonyl (C=O) groups is 2. The molecule has 0 spiro atoms. The second-order valence-corrected chi connectivity index (χ2v) is 6.59. The average Bonchev–Trinajstić information content (AvgIpc) is 2.91. The van der Waals surface area contributed by atoms with Gasteiger partial charge < -0.3 is 19.9 Å². The van der Waals surface area contributed by atoms with Gasteiger partial charge in [-0.15, -0.1) is 11.3 Å². The fourth-order valence-electron chi connectivity index (χ4n) is 2.46. The minimum Gasteiger partial charge on any atom is -0.493 e. The maximum atomic E-state index is 12.5. The van der Waals surface area contributed by atoms with Crippen molar-refractivity contribution in [3.8, 4) is 11.5 Å². The van der Waals surface area contributed by atoms with Crippen LogP contribution in [0.15, 0.2) is 18.2 Å². The van der Waals surface area contributed by atoms with Gasteiger partial charge in [-0.2, -0.15) is 0 Å². The minimum absolute atomic E-state index is 0.252. The van der Waals surface area contributed by atoms with Gasteiger partial charge in [0.1, 0.15) is 4.88 Å². The molecule has 0 aliphatic carbocycles. The van der Waals surface area contributed by atoms with E-state index in [-0.39, 0.29) is 12.3 Å². The molecule has 25 heavy (non-hydrogen) atoms. The summed E-state index contributed by atoms with van der Waals surface area (Å²) in [6.45, 7) is 3.57. The number of amides is 1. The van der Waals surface area contributed by atoms with Crippen LogP contribution in [0.25, 0.3) is 0 Å². The van der Waals surface area contributed by atoms with Gasteiger partial charge in [0.25, 0.3) is 5.91 Å². The predicted octanol–water partition coefficient (Wildman–Crippen LogP) is 2.72. The third-order valence-corrected chi connectivity index (χ3v) is 4.68. The number of carbonyl (C=O) groups excluding carboxylic acids is 1. The number of nitrogens with zero attached hydrogens (tertiary/aromatic N) is 1. The summed E-state index contributed by atoms with van der Waals surface area (Å²) in [5, 5.41) is 12.8. The Kier molecular flexibility index (Phi) is 5.97. The van der Waals surface area contributed by atoms with E-state index < -0.39 is 12.0 Å². The molecule has 0 unspecified atom stereocenters. The van der Waals surface area contributed by atoms with Crippen molar-refractivity contribution < 1.29 is 24.2 Å². The van der Waals surface area contributed by atoms with E-state index in [0.29, 0.717) is 27.6 Å². The maximum Gasteiger partial charge on any atom is 0.305 e. The van der Waals surface area contributed by atoms with Crippen molar-refractivity contribution in [2.24, 2.45) is 0 Å². The number of hydrogen-bond acceptors (Lipinski definition) is 6. The molecule has 1 heterocycles. The van der Waals surface area contributed by atoms with Gasteiger partial charge in [-0.05, 0) is 31.5 Å². The standard InChI is InChI=1S/C17H20N2O5S/c1-9-16(25-10(2)18-9)17(22)19-12(8-15(20)21)11-5-6-13(23-3)14(7-11)24-4/h5-7,12H,8H2,1-4H3,(H,19,22)(H,20,21)/t12-/m0/s1. The molecule has 0 fully saturated rings. The molecule has 134 valence electrons. The van der Waals surface area contributed by atoms with Crippen molar-refractivity contribution in [3.05, 3.63) is 39.3 Å². The molecule has 7 nitrogen and oxygen atoms in total. The first-order valence-electron chi connectivity index (χ1n) is 7.54. The number of carboxylic acid groups (broad SMARTS) is 1. The van der Waals surface area contributed by atoms with Crippen LogP contribution in [0.1, 0.15) is 38.4 Å². The minimum atomic E-state index is -1.02. The van der Waals surface area contributed by atoms with E-state index in [0.717, 1.165) is 5.01 Å². The summed E-state index contributed by atoms with van der Waals surface area (Å²) in [5.41, 5.74) is 1.24. The van der Waals surface area contributed by atoms with Gasteiger partial charge in [0, 0.05) is 0 Å². The molecule has 1 amide bonds. The Balaban J connectivity index is 2.31. The first kappa shape index (κ1) is 18.7. The summed E-state index contributed by atoms with van der Waals surface area (Å²) in [4.78, 5) is 28.5. The molecule has 2 N–H and O–H groups in total. The highest BCUT2D eigenvalue weighted by molar-refractivity contribution is 7.13. The van der Waals surface area contributed by atoms with Crippen molar-refractivity contribution in [3.63, 3.8) is 0 Å². The second-order valence-electron chi connectivity index (χ2n) is 5.39. The van der Waals surface area contributed by atoms with Crippen molar-refractivity contribution in [1.82, 2.24) is 10.3 Å². The van der Waals surface area contributed by atoms with Gasteiger partial charge in [0.2, 0.25) is 0 Å². The zero-order valence-corrected chi connectivity index (χ0v) is 15.3. The summed E-state index contributed by atoms with van der Waals surface area (Å²) in [5.74, 6) is -0.364. The van der Waals surface area contributed by atoms with Gasteiger partial charge in [-0.1, -0.05) is 6.07 Å². The van der Waals surface area contributed by atoms with Crippen LogP contribution in [0.4, 0.5) is 0 Å². The monoisotopic (exact) mass is 364 g/mol. The lowest BCUT2D eigenvalue weighted by molar-refractivity contribution is -0.137. The highest BCUT2D eigenvalue weighted by Gasteiger charge is 2.22. The number of rotatable bonds is 7. The van der Waals surface area contributed by atoms with E-state index in [9.17, 15) is 14.7 Å². The number of carboxylic acids is 1. The van der Waals surface area contributed by atoms with Crippen LogP contribution in [-0.4, -0.2) is 36.2 Å². The fourth-order valence-corrected chi connectivity index (χ4v) is 3.29. The Morgan fingerprint density at radius 2 is 1.92 bits per heavy atom. The molecule has 1 aromatic heterocycles. The molecule has 1 aromatic carbocycles. The zero-order valence-electron chi connectivity index (χ0n) is 14.5. The fraction of sp³-hybridized carbons (Fsp3) is 0.353. The normalized spacial score (nSPS) is 11.7. The summed E-state index contributed by atoms with van der Waals surface area (Å²) >= 11 is 1.28. The molecule has 0 bridgehead atoms. The molecule has 0 saturated carbocycles. The second kappa shape index (κ2) is 7.98. The van der Waals surface area contributed by atoms with E-state index in [1.165, 1.54) is 25.6 Å². The van der Waals surface area contributed by atoms with Crippen molar-refractivity contribution in [2.45, 2.75) is 26.3 Å². The summed E-state index contributed by atoms with van der Waals surface area (Å²) in [7, 11) is 3.01. The number of aromatic nitrogens is 1. The molecular weight excluding hydrogens is 344 g/mol. The number of aryl methyl sites for hydroxylation is 2. The number of methoxy groups -OCH3 is 2. The zero-order chi connectivity index (χ0) is 18.6. The van der Waals surface area contributed by atoms with Crippen LogP contribution in [0.5, 0.6) is 11.5 Å². The third kappa shape index (κ3) is 4.48. The molecule has 0 radical (unpaired) electrons. The van der Waals surface area contributed by atoms with Crippen LogP contribution in [-0.2, 0) is 4.79 Å². The lowest BCUT2D eigenvalue weighted by Gasteiger charge is -2.19. The van der Waals surface area contributed by atoms with E-state index in [2.05, 4.69) is 10.3 Å². The number of thiazole rings is 1. The maximum absolute atomic E-state index is 12.5. The molecule has 0 aliphatic heterocycles. The lowest BCUT2D eigenvalue weighted by atomic mass is 10.0. The Labute approximate surface area is 149 Å². The number of nitrogens with one attached hydrogen (secondary N) is 1. The van der Waals surface area contributed by atoms with E-state index in [4.69, 9.17) is 9.47 Å². The molecule has 0 saturated heterocycles. The quantitative estimate of drug-likeness (QED) is 0.784. The van der Waals surface area contributed by atoms with Gasteiger partial charge in [-0.25, -0.2) is 4.98 Å². The SMILES string of the molecule is COc1ccc([C@H](CC(=O)O)NC(=O)c2sc(C)nc2C)cc1OC. The summed E-state index contributed by atoms with van der Waals surface area (Å²) in [6.07, 6.45) is -0.252. The van der Waals surface area contributed by atoms with Crippen molar-refractivity contribution in [2.75, 3.05) is 14.2 Å². The summed E-state index contributed by atoms with van der Waals surface area (Å²) < 4.78 is 10.4. The van der Waals surface area contributed by atoms with Gasteiger partial charge >= 0.3 is 5.97 Å². The first-order valence-corrected chi connectivity index (χ1v) is 8.36. The van der Waals surface area contributed by atoms with Gasteiger partial charge in [0.05, 0.1) is 37.4 Å². The highest BCUT2D eigenvalue weighted by Crippen LogP contribution is 2.31. The largest absolute Gasteiger partial charge is 0.493 e. The number of benzene rings is 1. The van der Waals surface area contributed by atoms with Crippen LogP contribution in [0, 0.1) is 13.8 Å². The third-order valence-electron chi connectivity index (χ3n) is 3.60. The number of aliphatic carboxylic acids is 1. The Bertz CT molecular complexity index is 787. The van der Waals surface area contributed by atoms with E-state index in [1.54, 1.807) is 25.1 Å². The van der Waals surface area contributed by atoms with Crippen molar-refractivity contribution in [1.29, 1.82) is 0 Å². The van der Waals surface area contributed by atoms with Crippen molar-refractivity contribution >= 4 is 23.2 Å². The molecule has 8 heteroatoms. The van der Waals surface area contributed by atoms with Crippen LogP contribution in [0.3, 0.4) is 0 Å². The van der Waals surface area contributed by atoms with E-state index in [1.807, 2.05) is 6.92 Å². The van der Waals surface area contributed by atoms with Crippen LogP contribution >= 0.6 is 11.3 Å². The van der Waals surface area contributed by atoms with Gasteiger partial charge in [-0.3, -0.25) is 9.59 Å². The Morgan fingerprint density at radius 1 is 1.24 bits per heavy atom. The number of hydrogen-bond donors (Lipinski definition) is 2. The molecular formula is C17H20N2O5S. The smallest absolute Gasteiger partial charge is 0.305 e. The molecule has 1 atom stereocenters. The Hall–Kier alpha value is -2.61. The molecule has 2 rings (SSSR count). The predicted molar refractivity (Wildman–Crippen MR) is 93.6 cm³/mol. The number of ether oxygens (including phenoxy) is 2. The van der Waals surface area contributed by atoms with Crippen LogP contribution in [0.2, 0.25) is 0 Å². The Morgan fingerprint density at radius 3 is 2.44 bits per heavy atom. The first-order chi connectivity index (χ1) is 11.8. The molecule has 2 aromatic rings. The van der Waals surface area contributed by atoms with E-state index >= 15 is 0 Å².